The lowest BCUT2D eigenvalue weighted by Gasteiger charge is -2.23. The van der Waals surface area contributed by atoms with Crippen molar-refractivity contribution in [3.05, 3.63) is 47.8 Å². The Morgan fingerprint density at radius 1 is 1.00 bits per heavy atom. The molecule has 0 aliphatic carbocycles. The van der Waals surface area contributed by atoms with Crippen LogP contribution in [0.1, 0.15) is 38.3 Å². The van der Waals surface area contributed by atoms with Gasteiger partial charge >= 0.3 is 0 Å². The van der Waals surface area contributed by atoms with E-state index >= 15 is 0 Å². The fraction of sp³-hybridized carbons (Fsp3) is 0.375. The summed E-state index contributed by atoms with van der Waals surface area (Å²) in [5.74, 6) is 0.268. The molecule has 0 bridgehead atoms. The molecule has 0 saturated carbocycles. The van der Waals surface area contributed by atoms with E-state index in [-0.39, 0.29) is 11.9 Å². The molecule has 0 aromatic heterocycles. The topological polar surface area (TPSA) is 26.0 Å². The summed E-state index contributed by atoms with van der Waals surface area (Å²) in [5.41, 5.74) is 7.41. The second kappa shape index (κ2) is 5.49. The predicted molar refractivity (Wildman–Crippen MR) is 74.9 cm³/mol. The van der Waals surface area contributed by atoms with Crippen molar-refractivity contribution < 1.29 is 4.39 Å². The zero-order valence-electron chi connectivity index (χ0n) is 11.0. The lowest BCUT2D eigenvalue weighted by Crippen LogP contribution is -2.20. The maximum atomic E-state index is 13.8. The molecular weight excluding hydrogens is 225 g/mol. The van der Waals surface area contributed by atoms with Crippen molar-refractivity contribution in [3.8, 4) is 0 Å². The van der Waals surface area contributed by atoms with Gasteiger partial charge in [0.1, 0.15) is 5.82 Å². The van der Waals surface area contributed by atoms with E-state index in [9.17, 15) is 4.39 Å². The Morgan fingerprint density at radius 2 is 1.61 bits per heavy atom. The first-order valence-electron chi connectivity index (χ1n) is 6.61. The van der Waals surface area contributed by atoms with Gasteiger partial charge in [-0.1, -0.05) is 57.0 Å². The van der Waals surface area contributed by atoms with Crippen LogP contribution in [0.2, 0.25) is 0 Å². The first-order valence-corrected chi connectivity index (χ1v) is 6.61. The van der Waals surface area contributed by atoms with Gasteiger partial charge in [-0.15, -0.1) is 0 Å². The molecule has 0 radical (unpaired) electrons. The first-order chi connectivity index (χ1) is 8.69. The molecule has 2 aromatic rings. The second-order valence-corrected chi connectivity index (χ2v) is 4.78. The summed E-state index contributed by atoms with van der Waals surface area (Å²) in [6, 6.07) is 10.9. The van der Waals surface area contributed by atoms with Crippen LogP contribution in [0.25, 0.3) is 10.8 Å². The third-order valence-corrected chi connectivity index (χ3v) is 3.82. The van der Waals surface area contributed by atoms with E-state index in [1.807, 2.05) is 30.3 Å². The van der Waals surface area contributed by atoms with Gasteiger partial charge in [0.05, 0.1) is 0 Å². The monoisotopic (exact) mass is 245 g/mol. The average molecular weight is 245 g/mol. The van der Waals surface area contributed by atoms with Crippen LogP contribution in [-0.4, -0.2) is 0 Å². The lowest BCUT2D eigenvalue weighted by atomic mass is 9.87. The standard InChI is InChI=1S/C16H20FN/c1-3-11(4-2)16(18)14-9-10-15(17)13-8-6-5-7-12(13)14/h5-11,16H,3-4,18H2,1-2H3. The number of fused-ring (bicyclic) bond motifs is 1. The summed E-state index contributed by atoms with van der Waals surface area (Å²) in [6.45, 7) is 4.31. The van der Waals surface area contributed by atoms with Crippen LogP contribution in [-0.2, 0) is 0 Å². The smallest absolute Gasteiger partial charge is 0.131 e. The molecule has 0 fully saturated rings. The zero-order chi connectivity index (χ0) is 13.1. The Bertz CT molecular complexity index is 532. The van der Waals surface area contributed by atoms with Gasteiger partial charge in [0.15, 0.2) is 0 Å². The third kappa shape index (κ3) is 2.25. The van der Waals surface area contributed by atoms with Crippen molar-refractivity contribution in [2.45, 2.75) is 32.7 Å². The predicted octanol–water partition coefficient (Wildman–Crippen LogP) is 4.41. The Morgan fingerprint density at radius 3 is 2.22 bits per heavy atom. The van der Waals surface area contributed by atoms with Crippen molar-refractivity contribution >= 4 is 10.8 Å². The normalized spacial score (nSPS) is 13.2. The molecule has 96 valence electrons. The highest BCUT2D eigenvalue weighted by Gasteiger charge is 2.18. The molecular formula is C16H20FN. The van der Waals surface area contributed by atoms with Gasteiger partial charge in [-0.2, -0.15) is 0 Å². The molecule has 1 atom stereocenters. The molecule has 0 amide bonds. The fourth-order valence-corrected chi connectivity index (χ4v) is 2.63. The van der Waals surface area contributed by atoms with Crippen molar-refractivity contribution in [3.63, 3.8) is 0 Å². The van der Waals surface area contributed by atoms with E-state index in [0.29, 0.717) is 11.3 Å². The van der Waals surface area contributed by atoms with E-state index in [1.165, 1.54) is 6.07 Å². The molecule has 1 unspecified atom stereocenters. The Balaban J connectivity index is 2.54. The van der Waals surface area contributed by atoms with Gasteiger partial charge in [0, 0.05) is 11.4 Å². The second-order valence-electron chi connectivity index (χ2n) is 4.78. The summed E-state index contributed by atoms with van der Waals surface area (Å²) in [5, 5.41) is 1.60. The molecule has 0 aliphatic rings. The number of hydrogen-bond acceptors (Lipinski definition) is 1. The quantitative estimate of drug-likeness (QED) is 0.848. The first kappa shape index (κ1) is 13.0. The molecule has 18 heavy (non-hydrogen) atoms. The molecule has 2 N–H and O–H groups in total. The van der Waals surface area contributed by atoms with Gasteiger partial charge in [0.25, 0.3) is 0 Å². The Labute approximate surface area is 108 Å². The van der Waals surface area contributed by atoms with Gasteiger partial charge in [-0.25, -0.2) is 4.39 Å². The minimum Gasteiger partial charge on any atom is -0.324 e. The highest BCUT2D eigenvalue weighted by atomic mass is 19.1. The van der Waals surface area contributed by atoms with E-state index < -0.39 is 0 Å². The van der Waals surface area contributed by atoms with E-state index in [4.69, 9.17) is 5.73 Å². The van der Waals surface area contributed by atoms with Gasteiger partial charge in [-0.3, -0.25) is 0 Å². The molecule has 1 nitrogen and oxygen atoms in total. The summed E-state index contributed by atoms with van der Waals surface area (Å²) in [4.78, 5) is 0. The summed E-state index contributed by atoms with van der Waals surface area (Å²) >= 11 is 0. The molecule has 0 saturated heterocycles. The summed E-state index contributed by atoms with van der Waals surface area (Å²) in [7, 11) is 0. The largest absolute Gasteiger partial charge is 0.324 e. The van der Waals surface area contributed by atoms with E-state index in [0.717, 1.165) is 23.8 Å². The third-order valence-electron chi connectivity index (χ3n) is 3.82. The average Bonchev–Trinajstić information content (AvgIpc) is 2.41. The minimum atomic E-state index is -0.175. The van der Waals surface area contributed by atoms with Crippen molar-refractivity contribution in [1.29, 1.82) is 0 Å². The van der Waals surface area contributed by atoms with Gasteiger partial charge in [-0.05, 0) is 22.9 Å². The molecule has 0 spiro atoms. The number of halogens is 1. The maximum Gasteiger partial charge on any atom is 0.131 e. The summed E-state index contributed by atoms with van der Waals surface area (Å²) in [6.07, 6.45) is 2.09. The van der Waals surface area contributed by atoms with Crippen molar-refractivity contribution in [1.82, 2.24) is 0 Å². The molecule has 0 heterocycles. The minimum absolute atomic E-state index is 0.0227. The van der Waals surface area contributed by atoms with E-state index in [2.05, 4.69) is 13.8 Å². The van der Waals surface area contributed by atoms with Crippen LogP contribution in [0.3, 0.4) is 0 Å². The van der Waals surface area contributed by atoms with E-state index in [1.54, 1.807) is 0 Å². The highest BCUT2D eigenvalue weighted by molar-refractivity contribution is 5.86. The number of nitrogens with two attached hydrogens (primary N) is 1. The lowest BCUT2D eigenvalue weighted by molar-refractivity contribution is 0.407. The fourth-order valence-electron chi connectivity index (χ4n) is 2.63. The van der Waals surface area contributed by atoms with Gasteiger partial charge < -0.3 is 5.73 Å². The molecule has 2 heteroatoms. The number of benzene rings is 2. The van der Waals surface area contributed by atoms with Crippen molar-refractivity contribution in [2.24, 2.45) is 11.7 Å². The zero-order valence-corrected chi connectivity index (χ0v) is 11.0. The maximum absolute atomic E-state index is 13.8. The molecule has 2 aromatic carbocycles. The molecule has 0 aliphatic heterocycles. The van der Waals surface area contributed by atoms with Crippen LogP contribution < -0.4 is 5.73 Å². The van der Waals surface area contributed by atoms with Crippen LogP contribution in [0.15, 0.2) is 36.4 Å². The Kier molecular flexibility index (Phi) is 3.97. The van der Waals surface area contributed by atoms with Crippen LogP contribution in [0.5, 0.6) is 0 Å². The SMILES string of the molecule is CCC(CC)C(N)c1ccc(F)c2ccccc12. The number of hydrogen-bond donors (Lipinski definition) is 1. The van der Waals surface area contributed by atoms with Crippen LogP contribution in [0, 0.1) is 11.7 Å². The van der Waals surface area contributed by atoms with Crippen LogP contribution in [0.4, 0.5) is 4.39 Å². The Hall–Kier alpha value is -1.41. The summed E-state index contributed by atoms with van der Waals surface area (Å²) < 4.78 is 13.8. The number of rotatable bonds is 4. The van der Waals surface area contributed by atoms with Crippen LogP contribution >= 0.6 is 0 Å². The molecule has 2 rings (SSSR count). The highest BCUT2D eigenvalue weighted by Crippen LogP contribution is 2.31. The van der Waals surface area contributed by atoms with Gasteiger partial charge in [0.2, 0.25) is 0 Å². The van der Waals surface area contributed by atoms with Crippen molar-refractivity contribution in [2.75, 3.05) is 0 Å².